The van der Waals surface area contributed by atoms with Gasteiger partial charge < -0.3 is 4.90 Å². The Hall–Kier alpha value is -2.16. The monoisotopic (exact) mass is 308 g/mol. The zero-order valence-electron chi connectivity index (χ0n) is 14.0. The van der Waals surface area contributed by atoms with E-state index in [-0.39, 0.29) is 5.91 Å². The molecule has 0 aliphatic heterocycles. The number of nitrogens with zero attached hydrogens (tertiary/aromatic N) is 2. The third-order valence-corrected chi connectivity index (χ3v) is 4.81. The van der Waals surface area contributed by atoms with E-state index < -0.39 is 0 Å². The Labute approximate surface area is 138 Å². The van der Waals surface area contributed by atoms with E-state index in [1.54, 1.807) is 6.20 Å². The number of pyridine rings is 1. The summed E-state index contributed by atoms with van der Waals surface area (Å²) in [5, 5.41) is 0. The standard InChI is InChI=1S/C20H24N2O/c1-15-8-10-16(11-9-15)17-12-18(14-21-13-17)20(23)22(2)19-6-4-3-5-7-19/h8-14,19H,3-7H2,1-2H3. The average molecular weight is 308 g/mol. The molecule has 0 spiro atoms. The zero-order valence-corrected chi connectivity index (χ0v) is 14.0. The van der Waals surface area contributed by atoms with Crippen molar-refractivity contribution in [2.45, 2.75) is 45.1 Å². The summed E-state index contributed by atoms with van der Waals surface area (Å²) in [6.07, 6.45) is 9.49. The topological polar surface area (TPSA) is 33.2 Å². The second-order valence-electron chi connectivity index (χ2n) is 6.54. The van der Waals surface area contributed by atoms with Crippen LogP contribution in [-0.2, 0) is 0 Å². The van der Waals surface area contributed by atoms with E-state index in [4.69, 9.17) is 0 Å². The summed E-state index contributed by atoms with van der Waals surface area (Å²) in [6, 6.07) is 10.6. The fourth-order valence-corrected chi connectivity index (χ4v) is 3.30. The zero-order chi connectivity index (χ0) is 16.2. The highest BCUT2D eigenvalue weighted by atomic mass is 16.2. The van der Waals surface area contributed by atoms with Gasteiger partial charge in [-0.05, 0) is 31.4 Å². The summed E-state index contributed by atoms with van der Waals surface area (Å²) >= 11 is 0. The summed E-state index contributed by atoms with van der Waals surface area (Å²) in [4.78, 5) is 19.0. The molecule has 0 unspecified atom stereocenters. The molecule has 3 heteroatoms. The largest absolute Gasteiger partial charge is 0.339 e. The van der Waals surface area contributed by atoms with E-state index >= 15 is 0 Å². The molecule has 1 aliphatic rings. The quantitative estimate of drug-likeness (QED) is 0.838. The Morgan fingerprint density at radius 1 is 1.04 bits per heavy atom. The highest BCUT2D eigenvalue weighted by Crippen LogP contribution is 2.24. The molecule has 120 valence electrons. The Bertz CT molecular complexity index is 672. The summed E-state index contributed by atoms with van der Waals surface area (Å²) in [5.74, 6) is 0.0818. The van der Waals surface area contributed by atoms with E-state index in [9.17, 15) is 4.79 Å². The van der Waals surface area contributed by atoms with Crippen molar-refractivity contribution in [1.29, 1.82) is 0 Å². The van der Waals surface area contributed by atoms with Gasteiger partial charge >= 0.3 is 0 Å². The van der Waals surface area contributed by atoms with Crippen LogP contribution >= 0.6 is 0 Å². The van der Waals surface area contributed by atoms with E-state index in [1.807, 2.05) is 24.2 Å². The molecule has 1 amide bonds. The van der Waals surface area contributed by atoms with Gasteiger partial charge in [-0.1, -0.05) is 49.1 Å². The molecule has 1 fully saturated rings. The van der Waals surface area contributed by atoms with Gasteiger partial charge in [-0.15, -0.1) is 0 Å². The first-order chi connectivity index (χ1) is 11.1. The highest BCUT2D eigenvalue weighted by molar-refractivity contribution is 5.95. The van der Waals surface area contributed by atoms with Crippen LogP contribution < -0.4 is 0 Å². The third-order valence-electron chi connectivity index (χ3n) is 4.81. The smallest absolute Gasteiger partial charge is 0.255 e. The number of aromatic nitrogens is 1. The molecule has 0 bridgehead atoms. The lowest BCUT2D eigenvalue weighted by molar-refractivity contribution is 0.0696. The van der Waals surface area contributed by atoms with Gasteiger partial charge in [0.05, 0.1) is 5.56 Å². The molecular formula is C20H24N2O. The van der Waals surface area contributed by atoms with Crippen LogP contribution in [0, 0.1) is 6.92 Å². The summed E-state index contributed by atoms with van der Waals surface area (Å²) in [7, 11) is 1.93. The predicted molar refractivity (Wildman–Crippen MR) is 93.4 cm³/mol. The molecule has 1 aromatic carbocycles. The van der Waals surface area contributed by atoms with Gasteiger partial charge in [-0.3, -0.25) is 9.78 Å². The predicted octanol–water partition coefficient (Wildman–Crippen LogP) is 4.46. The maximum absolute atomic E-state index is 12.8. The number of hydrogen-bond donors (Lipinski definition) is 0. The molecule has 3 nitrogen and oxygen atoms in total. The van der Waals surface area contributed by atoms with Crippen LogP contribution in [-0.4, -0.2) is 28.9 Å². The van der Waals surface area contributed by atoms with Crippen LogP contribution in [0.2, 0.25) is 0 Å². The van der Waals surface area contributed by atoms with Gasteiger partial charge in [0, 0.05) is 31.0 Å². The number of rotatable bonds is 3. The van der Waals surface area contributed by atoms with Crippen molar-refractivity contribution in [1.82, 2.24) is 9.88 Å². The van der Waals surface area contributed by atoms with Crippen LogP contribution in [0.25, 0.3) is 11.1 Å². The minimum atomic E-state index is 0.0818. The van der Waals surface area contributed by atoms with Gasteiger partial charge in [-0.25, -0.2) is 0 Å². The average Bonchev–Trinajstić information content (AvgIpc) is 2.62. The summed E-state index contributed by atoms with van der Waals surface area (Å²) in [6.45, 7) is 2.07. The highest BCUT2D eigenvalue weighted by Gasteiger charge is 2.23. The van der Waals surface area contributed by atoms with Crippen molar-refractivity contribution in [2.75, 3.05) is 7.05 Å². The van der Waals surface area contributed by atoms with Gasteiger partial charge in [-0.2, -0.15) is 0 Å². The van der Waals surface area contributed by atoms with E-state index in [1.165, 1.54) is 24.8 Å². The van der Waals surface area contributed by atoms with Crippen molar-refractivity contribution >= 4 is 5.91 Å². The SMILES string of the molecule is Cc1ccc(-c2cncc(C(=O)N(C)C3CCCCC3)c2)cc1. The van der Waals surface area contributed by atoms with Gasteiger partial charge in [0.2, 0.25) is 0 Å². The summed E-state index contributed by atoms with van der Waals surface area (Å²) < 4.78 is 0. The maximum atomic E-state index is 12.8. The van der Waals surface area contributed by atoms with Crippen LogP contribution in [0.1, 0.15) is 48.0 Å². The molecule has 2 aromatic rings. The van der Waals surface area contributed by atoms with Gasteiger partial charge in [0.15, 0.2) is 0 Å². The first kappa shape index (κ1) is 15.7. The Morgan fingerprint density at radius 2 is 1.74 bits per heavy atom. The molecule has 0 saturated heterocycles. The Kier molecular flexibility index (Phi) is 4.75. The molecule has 0 N–H and O–H groups in total. The van der Waals surface area contributed by atoms with Crippen molar-refractivity contribution in [3.63, 3.8) is 0 Å². The van der Waals surface area contributed by atoms with Crippen molar-refractivity contribution in [2.24, 2.45) is 0 Å². The minimum absolute atomic E-state index is 0.0818. The second kappa shape index (κ2) is 6.95. The van der Waals surface area contributed by atoms with Gasteiger partial charge in [0.25, 0.3) is 5.91 Å². The number of carbonyl (C=O) groups is 1. The van der Waals surface area contributed by atoms with Crippen molar-refractivity contribution < 1.29 is 4.79 Å². The fourth-order valence-electron chi connectivity index (χ4n) is 3.30. The fraction of sp³-hybridized carbons (Fsp3) is 0.400. The van der Waals surface area contributed by atoms with E-state index in [0.717, 1.165) is 24.0 Å². The molecule has 1 heterocycles. The third kappa shape index (κ3) is 3.61. The van der Waals surface area contributed by atoms with Crippen LogP contribution in [0.4, 0.5) is 0 Å². The van der Waals surface area contributed by atoms with E-state index in [0.29, 0.717) is 11.6 Å². The Balaban J connectivity index is 1.81. The molecule has 1 saturated carbocycles. The Morgan fingerprint density at radius 3 is 2.43 bits per heavy atom. The molecule has 3 rings (SSSR count). The number of hydrogen-bond acceptors (Lipinski definition) is 2. The molecule has 0 radical (unpaired) electrons. The lowest BCUT2D eigenvalue weighted by Crippen LogP contribution is -2.38. The first-order valence-corrected chi connectivity index (χ1v) is 8.44. The minimum Gasteiger partial charge on any atom is -0.339 e. The molecule has 1 aromatic heterocycles. The van der Waals surface area contributed by atoms with Crippen LogP contribution in [0.3, 0.4) is 0 Å². The number of benzene rings is 1. The van der Waals surface area contributed by atoms with Crippen LogP contribution in [0.15, 0.2) is 42.7 Å². The van der Waals surface area contributed by atoms with E-state index in [2.05, 4.69) is 36.2 Å². The maximum Gasteiger partial charge on any atom is 0.255 e. The van der Waals surface area contributed by atoms with Crippen molar-refractivity contribution in [3.05, 3.63) is 53.9 Å². The first-order valence-electron chi connectivity index (χ1n) is 8.44. The number of carbonyl (C=O) groups excluding carboxylic acids is 1. The number of amides is 1. The molecule has 0 atom stereocenters. The van der Waals surface area contributed by atoms with Gasteiger partial charge in [0.1, 0.15) is 0 Å². The van der Waals surface area contributed by atoms with Crippen molar-refractivity contribution in [3.8, 4) is 11.1 Å². The number of aryl methyl sites for hydroxylation is 1. The van der Waals surface area contributed by atoms with Crippen LogP contribution in [0.5, 0.6) is 0 Å². The second-order valence-corrected chi connectivity index (χ2v) is 6.54. The lowest BCUT2D eigenvalue weighted by Gasteiger charge is -2.31. The summed E-state index contributed by atoms with van der Waals surface area (Å²) in [5.41, 5.74) is 3.99. The normalized spacial score (nSPS) is 15.4. The molecular weight excluding hydrogens is 284 g/mol. The molecule has 1 aliphatic carbocycles. The lowest BCUT2D eigenvalue weighted by atomic mass is 9.94. The molecule has 23 heavy (non-hydrogen) atoms.